The summed E-state index contributed by atoms with van der Waals surface area (Å²) in [5, 5.41) is 9.63. The molecule has 0 aliphatic heterocycles. The van der Waals surface area contributed by atoms with Gasteiger partial charge < -0.3 is 20.6 Å². The molecule has 0 saturated heterocycles. The second kappa shape index (κ2) is 9.55. The lowest BCUT2D eigenvalue weighted by molar-refractivity contribution is 0.656. The van der Waals surface area contributed by atoms with E-state index in [4.69, 9.17) is 23.2 Å². The van der Waals surface area contributed by atoms with Crippen molar-refractivity contribution in [3.63, 3.8) is 0 Å². The van der Waals surface area contributed by atoms with Gasteiger partial charge in [0.25, 0.3) is 0 Å². The molecule has 2 aromatic heterocycles. The number of aromatic nitrogens is 2. The van der Waals surface area contributed by atoms with E-state index < -0.39 is 0 Å². The predicted molar refractivity (Wildman–Crippen MR) is 125 cm³/mol. The smallest absolute Gasteiger partial charge is 0.191 e. The van der Waals surface area contributed by atoms with Gasteiger partial charge in [0, 0.05) is 46.2 Å². The molecule has 0 spiro atoms. The Kier molecular flexibility index (Phi) is 7.09. The first-order chi connectivity index (χ1) is 13.6. The highest BCUT2D eigenvalue weighted by atomic mass is 35.5. The highest BCUT2D eigenvalue weighted by Crippen LogP contribution is 2.28. The molecule has 5 nitrogen and oxygen atoms in total. The summed E-state index contributed by atoms with van der Waals surface area (Å²) in [5.74, 6) is 0.742. The van der Waals surface area contributed by atoms with Crippen LogP contribution in [0.1, 0.15) is 12.1 Å². The third-order valence-corrected chi connectivity index (χ3v) is 5.14. The summed E-state index contributed by atoms with van der Waals surface area (Å²) in [6, 6.07) is 14.8. The number of fused-ring (bicyclic) bond motifs is 2. The quantitative estimate of drug-likeness (QED) is 0.287. The fourth-order valence-corrected chi connectivity index (χ4v) is 3.81. The summed E-state index contributed by atoms with van der Waals surface area (Å²) < 4.78 is 0. The topological polar surface area (TPSA) is 72.7 Å². The van der Waals surface area contributed by atoms with Gasteiger partial charge in [-0.05, 0) is 43.3 Å². The first-order valence-corrected chi connectivity index (χ1v) is 9.89. The lowest BCUT2D eigenvalue weighted by Gasteiger charge is -2.08. The van der Waals surface area contributed by atoms with E-state index in [1.54, 1.807) is 12.1 Å². The molecule has 2 heterocycles. The van der Waals surface area contributed by atoms with Gasteiger partial charge in [-0.3, -0.25) is 4.79 Å². The van der Waals surface area contributed by atoms with Crippen molar-refractivity contribution in [2.24, 2.45) is 0 Å². The summed E-state index contributed by atoms with van der Waals surface area (Å²) in [7, 11) is 0. The Morgan fingerprint density at radius 3 is 2.59 bits per heavy atom. The number of nitrogens with one attached hydrogen (secondary N) is 4. The number of benzene rings is 2. The molecule has 0 unspecified atom stereocenters. The Morgan fingerprint density at radius 1 is 0.897 bits per heavy atom. The van der Waals surface area contributed by atoms with Gasteiger partial charge in [-0.1, -0.05) is 35.3 Å². The number of rotatable bonds is 7. The molecule has 0 aliphatic carbocycles. The number of hydrogen-bond donors (Lipinski definition) is 4. The van der Waals surface area contributed by atoms with E-state index in [0.717, 1.165) is 54.0 Å². The van der Waals surface area contributed by atoms with Crippen molar-refractivity contribution in [2.75, 3.05) is 18.4 Å². The van der Waals surface area contributed by atoms with Gasteiger partial charge in [0.2, 0.25) is 0 Å². The number of pyridine rings is 1. The number of para-hydroxylation sites is 1. The van der Waals surface area contributed by atoms with Crippen molar-refractivity contribution in [1.82, 2.24) is 15.3 Å². The van der Waals surface area contributed by atoms with Crippen LogP contribution in [0.3, 0.4) is 0 Å². The Bertz CT molecular complexity index is 1190. The fraction of sp³-hybridized carbons (Fsp3) is 0.190. The Morgan fingerprint density at radius 2 is 1.72 bits per heavy atom. The van der Waals surface area contributed by atoms with E-state index in [0.29, 0.717) is 15.4 Å². The molecule has 4 N–H and O–H groups in total. The third kappa shape index (κ3) is 5.06. The lowest BCUT2D eigenvalue weighted by Crippen LogP contribution is -2.18. The first-order valence-electron chi connectivity index (χ1n) is 9.13. The van der Waals surface area contributed by atoms with Gasteiger partial charge in [0.1, 0.15) is 5.82 Å². The van der Waals surface area contributed by atoms with E-state index in [9.17, 15) is 4.79 Å². The van der Waals surface area contributed by atoms with Crippen LogP contribution in [0, 0.1) is 0 Å². The SMILES string of the molecule is Cl.O=c1cc(NCCCNCc2cc3c(Cl)cc(Cl)cc3[nH]2)[nH]c2ccccc12. The van der Waals surface area contributed by atoms with E-state index in [-0.39, 0.29) is 17.8 Å². The van der Waals surface area contributed by atoms with Crippen LogP contribution in [0.5, 0.6) is 0 Å². The molecule has 0 aliphatic rings. The maximum Gasteiger partial charge on any atom is 0.191 e. The summed E-state index contributed by atoms with van der Waals surface area (Å²) >= 11 is 12.3. The number of H-pyrrole nitrogens is 2. The minimum Gasteiger partial charge on any atom is -0.371 e. The fourth-order valence-electron chi connectivity index (χ4n) is 3.27. The zero-order chi connectivity index (χ0) is 19.5. The van der Waals surface area contributed by atoms with Crippen LogP contribution in [-0.4, -0.2) is 23.1 Å². The summed E-state index contributed by atoms with van der Waals surface area (Å²) in [6.07, 6.45) is 0.918. The van der Waals surface area contributed by atoms with Crippen molar-refractivity contribution in [2.45, 2.75) is 13.0 Å². The average molecular weight is 452 g/mol. The van der Waals surface area contributed by atoms with Crippen LogP contribution < -0.4 is 16.1 Å². The molecule has 2 aromatic carbocycles. The zero-order valence-electron chi connectivity index (χ0n) is 15.5. The zero-order valence-corrected chi connectivity index (χ0v) is 17.8. The van der Waals surface area contributed by atoms with E-state index in [1.807, 2.05) is 36.4 Å². The number of halogens is 3. The third-order valence-electron chi connectivity index (χ3n) is 4.61. The number of hydrogen-bond acceptors (Lipinski definition) is 3. The molecule has 0 amide bonds. The molecule has 29 heavy (non-hydrogen) atoms. The first kappa shape index (κ1) is 21.5. The average Bonchev–Trinajstić information content (AvgIpc) is 3.08. The molecule has 0 saturated carbocycles. The van der Waals surface area contributed by atoms with Crippen molar-refractivity contribution in [3.8, 4) is 0 Å². The molecular formula is C21H21Cl3N4O. The minimum absolute atomic E-state index is 0. The molecule has 0 atom stereocenters. The molecule has 4 rings (SSSR count). The Labute approximate surface area is 184 Å². The molecule has 152 valence electrons. The van der Waals surface area contributed by atoms with Crippen LogP contribution in [-0.2, 0) is 6.54 Å². The standard InChI is InChI=1S/C21H20Cl2N4O.ClH/c22-13-8-17(23)16-10-14(26-19(16)9-13)12-24-6-3-7-25-21-11-20(28)15-4-1-2-5-18(15)27-21;/h1-2,4-5,8-11,24,26H,3,6-7,12H2,(H2,25,27,28);1H. The monoisotopic (exact) mass is 450 g/mol. The van der Waals surface area contributed by atoms with Gasteiger partial charge in [0.15, 0.2) is 5.43 Å². The summed E-state index contributed by atoms with van der Waals surface area (Å²) in [6.45, 7) is 2.32. The molecular weight excluding hydrogens is 431 g/mol. The lowest BCUT2D eigenvalue weighted by atomic mass is 10.2. The van der Waals surface area contributed by atoms with E-state index >= 15 is 0 Å². The van der Waals surface area contributed by atoms with Gasteiger partial charge >= 0.3 is 0 Å². The van der Waals surface area contributed by atoms with Crippen LogP contribution >= 0.6 is 35.6 Å². The Balaban J connectivity index is 0.00000240. The minimum atomic E-state index is 0. The Hall–Kier alpha value is -2.18. The van der Waals surface area contributed by atoms with E-state index in [1.165, 1.54) is 0 Å². The van der Waals surface area contributed by atoms with Crippen LogP contribution in [0.15, 0.2) is 53.3 Å². The molecule has 0 fully saturated rings. The van der Waals surface area contributed by atoms with Crippen molar-refractivity contribution >= 4 is 63.2 Å². The molecule has 0 bridgehead atoms. The van der Waals surface area contributed by atoms with Gasteiger partial charge in [-0.2, -0.15) is 0 Å². The van der Waals surface area contributed by atoms with Crippen molar-refractivity contribution in [3.05, 3.63) is 74.5 Å². The molecule has 0 radical (unpaired) electrons. The van der Waals surface area contributed by atoms with Crippen molar-refractivity contribution < 1.29 is 0 Å². The largest absolute Gasteiger partial charge is 0.371 e. The van der Waals surface area contributed by atoms with Gasteiger partial charge in [-0.15, -0.1) is 12.4 Å². The molecule has 4 aromatic rings. The van der Waals surface area contributed by atoms with Gasteiger partial charge in [0.05, 0.1) is 10.5 Å². The molecule has 8 heteroatoms. The highest BCUT2D eigenvalue weighted by molar-refractivity contribution is 6.38. The predicted octanol–water partition coefficient (Wildman–Crippen LogP) is 5.33. The maximum atomic E-state index is 12.1. The second-order valence-electron chi connectivity index (χ2n) is 6.69. The highest BCUT2D eigenvalue weighted by Gasteiger charge is 2.06. The normalized spacial score (nSPS) is 11.0. The second-order valence-corrected chi connectivity index (χ2v) is 7.54. The van der Waals surface area contributed by atoms with Crippen LogP contribution in [0.2, 0.25) is 10.0 Å². The van der Waals surface area contributed by atoms with Crippen LogP contribution in [0.25, 0.3) is 21.8 Å². The number of anilines is 1. The van der Waals surface area contributed by atoms with Crippen molar-refractivity contribution in [1.29, 1.82) is 0 Å². The number of aromatic amines is 2. The van der Waals surface area contributed by atoms with E-state index in [2.05, 4.69) is 20.6 Å². The summed E-state index contributed by atoms with van der Waals surface area (Å²) in [5.41, 5.74) is 2.86. The summed E-state index contributed by atoms with van der Waals surface area (Å²) in [4.78, 5) is 18.7. The maximum absolute atomic E-state index is 12.1. The van der Waals surface area contributed by atoms with Gasteiger partial charge in [-0.25, -0.2) is 0 Å². The van der Waals surface area contributed by atoms with Crippen LogP contribution in [0.4, 0.5) is 5.82 Å².